The van der Waals surface area contributed by atoms with E-state index >= 15 is 0 Å². The van der Waals surface area contributed by atoms with Gasteiger partial charge in [-0.25, -0.2) is 9.78 Å². The van der Waals surface area contributed by atoms with Crippen molar-refractivity contribution in [3.63, 3.8) is 0 Å². The molecule has 0 aliphatic carbocycles. The highest BCUT2D eigenvalue weighted by Gasteiger charge is 2.34. The molecule has 0 bridgehead atoms. The number of hydrogen-bond donors (Lipinski definition) is 1. The van der Waals surface area contributed by atoms with Crippen molar-refractivity contribution in [2.45, 2.75) is 24.9 Å². The predicted octanol–water partition coefficient (Wildman–Crippen LogP) is 5.06. The zero-order valence-electron chi connectivity index (χ0n) is 17.7. The summed E-state index contributed by atoms with van der Waals surface area (Å²) in [5.41, 5.74) is 2.22. The minimum absolute atomic E-state index is 0.0760. The molecule has 0 radical (unpaired) electrons. The fraction of sp³-hybridized carbons (Fsp3) is 0.304. The van der Waals surface area contributed by atoms with Gasteiger partial charge in [-0.1, -0.05) is 6.07 Å². The predicted molar refractivity (Wildman–Crippen MR) is 116 cm³/mol. The molecule has 1 amide bonds. The molecule has 10 heteroatoms. The minimum atomic E-state index is -4.52. The summed E-state index contributed by atoms with van der Waals surface area (Å²) < 4.78 is 42.3. The van der Waals surface area contributed by atoms with E-state index in [0.717, 1.165) is 11.8 Å². The third kappa shape index (κ3) is 3.96. The van der Waals surface area contributed by atoms with Crippen LogP contribution in [0.4, 0.5) is 18.0 Å². The Kier molecular flexibility index (Phi) is 4.95. The number of amides is 1. The first kappa shape index (κ1) is 21.2. The van der Waals surface area contributed by atoms with Crippen LogP contribution in [-0.2, 0) is 13.2 Å². The molecule has 170 valence electrons. The van der Waals surface area contributed by atoms with Crippen LogP contribution in [0.15, 0.2) is 42.7 Å². The first-order valence-corrected chi connectivity index (χ1v) is 10.5. The van der Waals surface area contributed by atoms with Crippen molar-refractivity contribution in [2.24, 2.45) is 7.05 Å². The molecule has 1 aliphatic heterocycles. The van der Waals surface area contributed by atoms with Crippen LogP contribution in [0.25, 0.3) is 33.1 Å². The normalized spacial score (nSPS) is 15.5. The van der Waals surface area contributed by atoms with Crippen molar-refractivity contribution in [1.29, 1.82) is 0 Å². The lowest BCUT2D eigenvalue weighted by atomic mass is 9.94. The van der Waals surface area contributed by atoms with Gasteiger partial charge in [0, 0.05) is 43.8 Å². The number of hydrogen-bond acceptors (Lipinski definition) is 4. The van der Waals surface area contributed by atoms with E-state index in [4.69, 9.17) is 10.1 Å². The van der Waals surface area contributed by atoms with Gasteiger partial charge in [-0.3, -0.25) is 9.67 Å². The quantitative estimate of drug-likeness (QED) is 0.457. The van der Waals surface area contributed by atoms with Gasteiger partial charge in [-0.2, -0.15) is 18.3 Å². The Hall–Kier alpha value is -3.69. The lowest BCUT2D eigenvalue weighted by Crippen LogP contribution is -2.37. The lowest BCUT2D eigenvalue weighted by Gasteiger charge is -2.29. The highest BCUT2D eigenvalue weighted by Crippen LogP contribution is 2.38. The minimum Gasteiger partial charge on any atom is -0.465 e. The van der Waals surface area contributed by atoms with Gasteiger partial charge in [-0.15, -0.1) is 0 Å². The van der Waals surface area contributed by atoms with Gasteiger partial charge >= 0.3 is 12.3 Å². The number of fused-ring (bicyclic) bond motifs is 2. The van der Waals surface area contributed by atoms with Gasteiger partial charge in [0.1, 0.15) is 5.52 Å². The van der Waals surface area contributed by atoms with E-state index < -0.39 is 17.8 Å². The largest absolute Gasteiger partial charge is 0.465 e. The van der Waals surface area contributed by atoms with E-state index in [0.29, 0.717) is 53.5 Å². The van der Waals surface area contributed by atoms with Gasteiger partial charge in [0.25, 0.3) is 0 Å². The second-order valence-electron chi connectivity index (χ2n) is 8.30. The Morgan fingerprint density at radius 1 is 1.09 bits per heavy atom. The Morgan fingerprint density at radius 3 is 2.55 bits per heavy atom. The Labute approximate surface area is 186 Å². The van der Waals surface area contributed by atoms with E-state index in [2.05, 4.69) is 10.1 Å². The molecule has 0 unspecified atom stereocenters. The van der Waals surface area contributed by atoms with Crippen molar-refractivity contribution in [3.05, 3.63) is 54.0 Å². The molecule has 1 fully saturated rings. The van der Waals surface area contributed by atoms with Crippen molar-refractivity contribution in [2.75, 3.05) is 13.1 Å². The first-order chi connectivity index (χ1) is 15.7. The molecule has 3 heterocycles. The van der Waals surface area contributed by atoms with Crippen LogP contribution in [-0.4, -0.2) is 48.9 Å². The second-order valence-corrected chi connectivity index (χ2v) is 8.30. The molecule has 33 heavy (non-hydrogen) atoms. The number of aryl methyl sites for hydroxylation is 1. The molecule has 1 saturated heterocycles. The number of rotatable bonds is 2. The molecule has 1 N–H and O–H groups in total. The van der Waals surface area contributed by atoms with Gasteiger partial charge in [-0.05, 0) is 48.2 Å². The highest BCUT2D eigenvalue weighted by molar-refractivity contribution is 5.89. The standard InChI is InChI=1S/C23H20F3N5O2/c1-30-12-16-8-15(9-17(21(16)29-30)23(24,25)26)14-2-3-18-19(10-14)27-11-20(28-18)13-4-6-31(7-5-13)22(32)33/h2-3,8-13H,4-7H2,1H3,(H,32,33). The molecule has 0 atom stereocenters. The molecule has 4 aromatic rings. The van der Waals surface area contributed by atoms with Crippen LogP contribution in [0.2, 0.25) is 0 Å². The van der Waals surface area contributed by atoms with Crippen LogP contribution in [0.1, 0.15) is 30.0 Å². The average molecular weight is 455 g/mol. The molecule has 0 saturated carbocycles. The molecule has 2 aromatic heterocycles. The van der Waals surface area contributed by atoms with Crippen molar-refractivity contribution < 1.29 is 23.1 Å². The van der Waals surface area contributed by atoms with E-state index in [-0.39, 0.29) is 11.4 Å². The van der Waals surface area contributed by atoms with E-state index in [1.165, 1.54) is 9.58 Å². The number of carbonyl (C=O) groups is 1. The summed E-state index contributed by atoms with van der Waals surface area (Å²) in [7, 11) is 1.59. The van der Waals surface area contributed by atoms with Crippen LogP contribution < -0.4 is 0 Å². The molecule has 1 aliphatic rings. The summed E-state index contributed by atoms with van der Waals surface area (Å²) >= 11 is 0. The number of aromatic nitrogens is 4. The van der Waals surface area contributed by atoms with E-state index in [1.54, 1.807) is 43.7 Å². The smallest absolute Gasteiger partial charge is 0.418 e. The molecule has 0 spiro atoms. The van der Waals surface area contributed by atoms with Gasteiger partial charge in [0.15, 0.2) is 0 Å². The SMILES string of the molecule is Cn1cc2cc(-c3ccc4nc(C5CCN(C(=O)O)CC5)cnc4c3)cc(C(F)(F)F)c2n1. The maximum atomic E-state index is 13.7. The van der Waals surface area contributed by atoms with E-state index in [1.807, 2.05) is 0 Å². The molecule has 7 nitrogen and oxygen atoms in total. The van der Waals surface area contributed by atoms with Crippen molar-refractivity contribution >= 4 is 28.0 Å². The van der Waals surface area contributed by atoms with Gasteiger partial charge in [0.05, 0.1) is 22.3 Å². The summed E-state index contributed by atoms with van der Waals surface area (Å²) in [5, 5.41) is 13.5. The van der Waals surface area contributed by atoms with E-state index in [9.17, 15) is 18.0 Å². The zero-order chi connectivity index (χ0) is 23.3. The third-order valence-corrected chi connectivity index (χ3v) is 6.11. The zero-order valence-corrected chi connectivity index (χ0v) is 17.7. The highest BCUT2D eigenvalue weighted by atomic mass is 19.4. The van der Waals surface area contributed by atoms with Crippen molar-refractivity contribution in [1.82, 2.24) is 24.6 Å². The van der Waals surface area contributed by atoms with Crippen LogP contribution in [0.3, 0.4) is 0 Å². The summed E-state index contributed by atoms with van der Waals surface area (Å²) in [6.07, 6.45) is -0.838. The van der Waals surface area contributed by atoms with Crippen LogP contribution in [0.5, 0.6) is 0 Å². The number of piperidine rings is 1. The first-order valence-electron chi connectivity index (χ1n) is 10.5. The van der Waals surface area contributed by atoms with Crippen molar-refractivity contribution in [3.8, 4) is 11.1 Å². The maximum Gasteiger partial charge on any atom is 0.418 e. The number of nitrogens with zero attached hydrogens (tertiary/aromatic N) is 5. The number of likely N-dealkylation sites (tertiary alicyclic amines) is 1. The summed E-state index contributed by atoms with van der Waals surface area (Å²) in [4.78, 5) is 21.7. The molecular formula is C23H20F3N5O2. The number of halogens is 3. The number of alkyl halides is 3. The lowest BCUT2D eigenvalue weighted by molar-refractivity contribution is -0.136. The average Bonchev–Trinajstić information content (AvgIpc) is 3.17. The second kappa shape index (κ2) is 7.72. The number of benzene rings is 2. The molecular weight excluding hydrogens is 435 g/mol. The Bertz CT molecular complexity index is 1370. The monoisotopic (exact) mass is 455 g/mol. The molecule has 2 aromatic carbocycles. The van der Waals surface area contributed by atoms with Gasteiger partial charge < -0.3 is 10.0 Å². The summed E-state index contributed by atoms with van der Waals surface area (Å²) in [6.45, 7) is 0.911. The maximum absolute atomic E-state index is 13.7. The summed E-state index contributed by atoms with van der Waals surface area (Å²) in [6, 6.07) is 8.04. The van der Waals surface area contributed by atoms with Gasteiger partial charge in [0.2, 0.25) is 0 Å². The third-order valence-electron chi connectivity index (χ3n) is 6.11. The fourth-order valence-corrected chi connectivity index (χ4v) is 4.41. The molecule has 5 rings (SSSR count). The Morgan fingerprint density at radius 2 is 1.85 bits per heavy atom. The van der Waals surface area contributed by atoms with Crippen LogP contribution >= 0.6 is 0 Å². The fourth-order valence-electron chi connectivity index (χ4n) is 4.41. The van der Waals surface area contributed by atoms with Crippen LogP contribution in [0, 0.1) is 0 Å². The summed E-state index contributed by atoms with van der Waals surface area (Å²) in [5.74, 6) is 0.125. The topological polar surface area (TPSA) is 84.1 Å². The number of carboxylic acid groups (broad SMARTS) is 1. The Balaban J connectivity index is 1.49.